The minimum atomic E-state index is -0.886. The molecule has 8 heteroatoms. The Bertz CT molecular complexity index is 1010. The third-order valence-electron chi connectivity index (χ3n) is 6.72. The van der Waals surface area contributed by atoms with Crippen molar-refractivity contribution in [2.45, 2.75) is 38.5 Å². The maximum atomic E-state index is 14.3. The van der Waals surface area contributed by atoms with Gasteiger partial charge in [-0.05, 0) is 68.5 Å². The summed E-state index contributed by atoms with van der Waals surface area (Å²) in [6.07, 6.45) is 4.58. The van der Waals surface area contributed by atoms with Crippen molar-refractivity contribution in [2.24, 2.45) is 5.41 Å². The molecule has 0 spiro atoms. The fraction of sp³-hybridized carbons (Fsp3) is 0.462. The fourth-order valence-electron chi connectivity index (χ4n) is 4.90. The summed E-state index contributed by atoms with van der Waals surface area (Å²) in [5, 5.41) is 0.587. The predicted molar refractivity (Wildman–Crippen MR) is 126 cm³/mol. The van der Waals surface area contributed by atoms with Gasteiger partial charge in [-0.25, -0.2) is 8.78 Å². The first kappa shape index (κ1) is 24.5. The smallest absolute Gasteiger partial charge is 0.259 e. The van der Waals surface area contributed by atoms with E-state index in [1.165, 1.54) is 11.0 Å². The minimum absolute atomic E-state index is 0.0331. The number of amides is 2. The van der Waals surface area contributed by atoms with Gasteiger partial charge in [0.05, 0.1) is 6.61 Å². The van der Waals surface area contributed by atoms with E-state index in [4.69, 9.17) is 16.3 Å². The van der Waals surface area contributed by atoms with Gasteiger partial charge in [0.15, 0.2) is 0 Å². The summed E-state index contributed by atoms with van der Waals surface area (Å²) in [4.78, 5) is 29.7. The summed E-state index contributed by atoms with van der Waals surface area (Å²) < 4.78 is 34.7. The van der Waals surface area contributed by atoms with Crippen molar-refractivity contribution in [3.63, 3.8) is 0 Å². The molecule has 0 saturated carbocycles. The zero-order chi connectivity index (χ0) is 24.1. The van der Waals surface area contributed by atoms with E-state index in [2.05, 4.69) is 0 Å². The number of carbonyl (C=O) groups excluding carboxylic acids is 2. The molecular formula is C26H29ClF2N2O3. The highest BCUT2D eigenvalue weighted by atomic mass is 35.5. The number of hydrogen-bond acceptors (Lipinski definition) is 3. The van der Waals surface area contributed by atoms with Crippen LogP contribution in [0, 0.1) is 17.0 Å². The predicted octanol–water partition coefficient (Wildman–Crippen LogP) is 5.32. The minimum Gasteiger partial charge on any atom is -0.493 e. The Labute approximate surface area is 203 Å². The molecule has 2 aromatic carbocycles. The highest BCUT2D eigenvalue weighted by Gasteiger charge is 2.42. The average Bonchev–Trinajstić information content (AvgIpc) is 2.84. The monoisotopic (exact) mass is 490 g/mol. The first-order valence-electron chi connectivity index (χ1n) is 11.8. The van der Waals surface area contributed by atoms with Crippen LogP contribution in [0.5, 0.6) is 5.75 Å². The molecule has 4 rings (SSSR count). The molecule has 2 aromatic rings. The van der Waals surface area contributed by atoms with E-state index in [0.717, 1.165) is 44.5 Å². The molecule has 1 atom stereocenters. The lowest BCUT2D eigenvalue weighted by Crippen LogP contribution is -2.51. The highest BCUT2D eigenvalue weighted by Crippen LogP contribution is 2.36. The molecule has 2 aliphatic rings. The number of ether oxygens (including phenoxy) is 1. The van der Waals surface area contributed by atoms with Crippen LogP contribution in [-0.2, 0) is 4.79 Å². The molecule has 0 aromatic heterocycles. The lowest BCUT2D eigenvalue weighted by molar-refractivity contribution is -0.136. The Morgan fingerprint density at radius 2 is 1.56 bits per heavy atom. The molecule has 2 amide bonds. The lowest BCUT2D eigenvalue weighted by atomic mass is 9.77. The van der Waals surface area contributed by atoms with Crippen molar-refractivity contribution in [3.05, 3.63) is 64.7 Å². The first-order valence-corrected chi connectivity index (χ1v) is 12.1. The molecule has 2 heterocycles. The van der Waals surface area contributed by atoms with Crippen LogP contribution in [0.2, 0.25) is 5.02 Å². The Hall–Kier alpha value is -2.67. The van der Waals surface area contributed by atoms with Gasteiger partial charge in [-0.1, -0.05) is 17.7 Å². The summed E-state index contributed by atoms with van der Waals surface area (Å²) in [5.41, 5.74) is -1.22. The topological polar surface area (TPSA) is 49.9 Å². The maximum absolute atomic E-state index is 14.3. The van der Waals surface area contributed by atoms with Gasteiger partial charge in [-0.3, -0.25) is 9.59 Å². The van der Waals surface area contributed by atoms with Crippen LogP contribution in [0.4, 0.5) is 8.78 Å². The van der Waals surface area contributed by atoms with Crippen LogP contribution >= 0.6 is 11.6 Å². The van der Waals surface area contributed by atoms with E-state index < -0.39 is 28.5 Å². The van der Waals surface area contributed by atoms with Crippen LogP contribution in [0.15, 0.2) is 42.5 Å². The molecule has 5 nitrogen and oxygen atoms in total. The Kier molecular flexibility index (Phi) is 7.71. The average molecular weight is 491 g/mol. The van der Waals surface area contributed by atoms with E-state index in [1.807, 2.05) is 4.90 Å². The van der Waals surface area contributed by atoms with Gasteiger partial charge < -0.3 is 14.5 Å². The Balaban J connectivity index is 1.56. The van der Waals surface area contributed by atoms with Gasteiger partial charge in [0.25, 0.3) is 5.91 Å². The van der Waals surface area contributed by atoms with Crippen LogP contribution in [0.3, 0.4) is 0 Å². The number of piperidine rings is 2. The third kappa shape index (κ3) is 5.69. The van der Waals surface area contributed by atoms with Gasteiger partial charge in [-0.2, -0.15) is 0 Å². The number of halogens is 3. The molecule has 34 heavy (non-hydrogen) atoms. The summed E-state index contributed by atoms with van der Waals surface area (Å²) in [6.45, 7) is 2.23. The van der Waals surface area contributed by atoms with Crippen LogP contribution in [0.1, 0.15) is 48.9 Å². The zero-order valence-electron chi connectivity index (χ0n) is 19.1. The largest absolute Gasteiger partial charge is 0.493 e. The number of likely N-dealkylation sites (tertiary alicyclic amines) is 2. The Morgan fingerprint density at radius 3 is 2.24 bits per heavy atom. The lowest BCUT2D eigenvalue weighted by Gasteiger charge is -2.43. The van der Waals surface area contributed by atoms with Crippen LogP contribution in [0.25, 0.3) is 0 Å². The maximum Gasteiger partial charge on any atom is 0.259 e. The summed E-state index contributed by atoms with van der Waals surface area (Å²) in [5.74, 6) is -1.83. The molecule has 0 radical (unpaired) electrons. The number of rotatable bonds is 6. The standard InChI is InChI=1S/C26H29ClF2N2O3/c27-19-8-10-20(11-9-19)34-18-26(16-23(32)30-13-2-1-3-14-30)12-5-15-31(17-26)25(33)24-21(28)6-4-7-22(24)29/h4,6-11H,1-3,5,12-18H2. The van der Waals surface area contributed by atoms with E-state index in [0.29, 0.717) is 30.2 Å². The van der Waals surface area contributed by atoms with E-state index in [9.17, 15) is 18.4 Å². The second-order valence-electron chi connectivity index (χ2n) is 9.29. The van der Waals surface area contributed by atoms with Crippen molar-refractivity contribution in [2.75, 3.05) is 32.8 Å². The third-order valence-corrected chi connectivity index (χ3v) is 6.97. The van der Waals surface area contributed by atoms with Crippen molar-refractivity contribution in [1.82, 2.24) is 9.80 Å². The zero-order valence-corrected chi connectivity index (χ0v) is 19.8. The number of hydrogen-bond donors (Lipinski definition) is 0. The normalized spacial score (nSPS) is 20.8. The van der Waals surface area contributed by atoms with Crippen LogP contribution in [-0.4, -0.2) is 54.4 Å². The number of nitrogens with zero attached hydrogens (tertiary/aromatic N) is 2. The molecule has 0 bridgehead atoms. The molecular weight excluding hydrogens is 462 g/mol. The molecule has 0 aliphatic carbocycles. The fourth-order valence-corrected chi connectivity index (χ4v) is 5.02. The van der Waals surface area contributed by atoms with Gasteiger partial charge in [0, 0.05) is 43.0 Å². The van der Waals surface area contributed by atoms with Crippen molar-refractivity contribution < 1.29 is 23.1 Å². The van der Waals surface area contributed by atoms with E-state index in [-0.39, 0.29) is 25.5 Å². The summed E-state index contributed by atoms with van der Waals surface area (Å²) >= 11 is 5.97. The summed E-state index contributed by atoms with van der Waals surface area (Å²) in [7, 11) is 0. The van der Waals surface area contributed by atoms with Gasteiger partial charge in [0.1, 0.15) is 22.9 Å². The molecule has 2 aliphatic heterocycles. The molecule has 2 fully saturated rings. The molecule has 182 valence electrons. The van der Waals surface area contributed by atoms with Crippen molar-refractivity contribution in [1.29, 1.82) is 0 Å². The second kappa shape index (κ2) is 10.7. The van der Waals surface area contributed by atoms with E-state index >= 15 is 0 Å². The SMILES string of the molecule is O=C(CC1(COc2ccc(Cl)cc2)CCCN(C(=O)c2c(F)cccc2F)C1)N1CCCCC1. The molecule has 2 saturated heterocycles. The van der Waals surface area contributed by atoms with Gasteiger partial charge >= 0.3 is 0 Å². The Morgan fingerprint density at radius 1 is 0.912 bits per heavy atom. The summed E-state index contributed by atoms with van der Waals surface area (Å²) in [6, 6.07) is 10.3. The van der Waals surface area contributed by atoms with Gasteiger partial charge in [0.2, 0.25) is 5.91 Å². The second-order valence-corrected chi connectivity index (χ2v) is 9.72. The van der Waals surface area contributed by atoms with Crippen molar-refractivity contribution in [3.8, 4) is 5.75 Å². The molecule has 1 unspecified atom stereocenters. The first-order chi connectivity index (χ1) is 16.4. The van der Waals surface area contributed by atoms with Gasteiger partial charge in [-0.15, -0.1) is 0 Å². The highest BCUT2D eigenvalue weighted by molar-refractivity contribution is 6.30. The quantitative estimate of drug-likeness (QED) is 0.550. The van der Waals surface area contributed by atoms with Crippen LogP contribution < -0.4 is 4.74 Å². The number of carbonyl (C=O) groups is 2. The number of benzene rings is 2. The van der Waals surface area contributed by atoms with Crippen molar-refractivity contribution >= 4 is 23.4 Å². The van der Waals surface area contributed by atoms with E-state index in [1.54, 1.807) is 24.3 Å². The molecule has 0 N–H and O–H groups in total.